The number of rotatable bonds is 5. The molecule has 3 aromatic rings. The van der Waals surface area contributed by atoms with Gasteiger partial charge in [0, 0.05) is 4.88 Å². The number of carbonyl (C=O) groups excluding carboxylic acids is 1. The minimum Gasteiger partial charge on any atom is -0.346 e. The summed E-state index contributed by atoms with van der Waals surface area (Å²) in [6.45, 7) is 2.62. The predicted molar refractivity (Wildman–Crippen MR) is 86.2 cm³/mol. The maximum Gasteiger partial charge on any atom is 0.273 e. The fourth-order valence-corrected chi connectivity index (χ4v) is 2.69. The summed E-state index contributed by atoms with van der Waals surface area (Å²) >= 11 is 1.61. The number of hydrogen-bond donors (Lipinski definition) is 1. The van der Waals surface area contributed by atoms with E-state index >= 15 is 0 Å². The fourth-order valence-electron chi connectivity index (χ4n) is 2.05. The molecule has 0 aliphatic carbocycles. The minimum atomic E-state index is -0.218. The first-order chi connectivity index (χ1) is 10.8. The van der Waals surface area contributed by atoms with Crippen molar-refractivity contribution in [2.45, 2.75) is 19.9 Å². The van der Waals surface area contributed by atoms with Gasteiger partial charge in [0.1, 0.15) is 0 Å². The van der Waals surface area contributed by atoms with Crippen molar-refractivity contribution >= 4 is 17.2 Å². The maximum atomic E-state index is 12.1. The molecule has 1 N–H and O–H groups in total. The van der Waals surface area contributed by atoms with Crippen LogP contribution in [0, 0.1) is 0 Å². The molecule has 1 amide bonds. The van der Waals surface area contributed by atoms with Crippen molar-refractivity contribution in [2.24, 2.45) is 0 Å². The summed E-state index contributed by atoms with van der Waals surface area (Å²) in [6.07, 6.45) is 2.64. The quantitative estimate of drug-likeness (QED) is 0.788. The average Bonchev–Trinajstić information content (AvgIpc) is 3.24. The standard InChI is InChI=1S/C16H16N4OS/c1-2-12-5-7-13(8-6-12)20-11-15(18-19-20)16(21)17-10-14-4-3-9-22-14/h3-9,11H,2,10H2,1H3,(H,17,21). The zero-order valence-electron chi connectivity index (χ0n) is 12.2. The van der Waals surface area contributed by atoms with Gasteiger partial charge in [-0.25, -0.2) is 4.68 Å². The number of aromatic nitrogens is 3. The molecule has 0 aliphatic rings. The third kappa shape index (κ3) is 3.23. The largest absolute Gasteiger partial charge is 0.346 e. The lowest BCUT2D eigenvalue weighted by Crippen LogP contribution is -2.22. The zero-order valence-corrected chi connectivity index (χ0v) is 13.0. The van der Waals surface area contributed by atoms with E-state index in [1.807, 2.05) is 41.8 Å². The molecule has 22 heavy (non-hydrogen) atoms. The molecule has 6 heteroatoms. The molecule has 0 saturated carbocycles. The van der Waals surface area contributed by atoms with Crippen LogP contribution in [-0.2, 0) is 13.0 Å². The lowest BCUT2D eigenvalue weighted by atomic mass is 10.1. The molecule has 0 unspecified atom stereocenters. The Balaban J connectivity index is 1.68. The van der Waals surface area contributed by atoms with Gasteiger partial charge < -0.3 is 5.32 Å². The maximum absolute atomic E-state index is 12.1. The minimum absolute atomic E-state index is 0.218. The Morgan fingerprint density at radius 3 is 2.77 bits per heavy atom. The highest BCUT2D eigenvalue weighted by Gasteiger charge is 2.11. The van der Waals surface area contributed by atoms with E-state index in [0.29, 0.717) is 12.2 Å². The molecule has 112 valence electrons. The van der Waals surface area contributed by atoms with E-state index in [1.54, 1.807) is 22.2 Å². The van der Waals surface area contributed by atoms with E-state index in [4.69, 9.17) is 0 Å². The normalized spacial score (nSPS) is 10.6. The number of nitrogens with one attached hydrogen (secondary N) is 1. The van der Waals surface area contributed by atoms with Crippen LogP contribution < -0.4 is 5.32 Å². The molecule has 2 aromatic heterocycles. The van der Waals surface area contributed by atoms with Crippen molar-refractivity contribution in [1.82, 2.24) is 20.3 Å². The van der Waals surface area contributed by atoms with Crippen LogP contribution in [0.25, 0.3) is 5.69 Å². The van der Waals surface area contributed by atoms with Crippen LogP contribution in [0.5, 0.6) is 0 Å². The Morgan fingerprint density at radius 1 is 1.27 bits per heavy atom. The predicted octanol–water partition coefficient (Wildman–Crippen LogP) is 2.82. The summed E-state index contributed by atoms with van der Waals surface area (Å²) in [6, 6.07) is 12.0. The molecule has 1 aromatic carbocycles. The van der Waals surface area contributed by atoms with Crippen molar-refractivity contribution in [3.8, 4) is 5.69 Å². The lowest BCUT2D eigenvalue weighted by molar-refractivity contribution is 0.0946. The van der Waals surface area contributed by atoms with Gasteiger partial charge in [-0.3, -0.25) is 4.79 Å². The Hall–Kier alpha value is -2.47. The van der Waals surface area contributed by atoms with E-state index in [2.05, 4.69) is 22.6 Å². The molecule has 2 heterocycles. The molecule has 0 bridgehead atoms. The van der Waals surface area contributed by atoms with Crippen molar-refractivity contribution in [2.75, 3.05) is 0 Å². The molecular formula is C16H16N4OS. The Kier molecular flexibility index (Phi) is 4.29. The van der Waals surface area contributed by atoms with Gasteiger partial charge in [0.25, 0.3) is 5.91 Å². The van der Waals surface area contributed by atoms with Gasteiger partial charge in [0.2, 0.25) is 0 Å². The second kappa shape index (κ2) is 6.53. The number of amides is 1. The van der Waals surface area contributed by atoms with Crippen LogP contribution in [0.4, 0.5) is 0 Å². The van der Waals surface area contributed by atoms with Gasteiger partial charge in [-0.15, -0.1) is 16.4 Å². The van der Waals surface area contributed by atoms with Gasteiger partial charge in [-0.05, 0) is 35.6 Å². The Bertz CT molecular complexity index is 747. The molecular weight excluding hydrogens is 296 g/mol. The highest BCUT2D eigenvalue weighted by atomic mass is 32.1. The second-order valence-corrected chi connectivity index (χ2v) is 5.86. The number of carbonyl (C=O) groups is 1. The monoisotopic (exact) mass is 312 g/mol. The summed E-state index contributed by atoms with van der Waals surface area (Å²) < 4.78 is 1.61. The van der Waals surface area contributed by atoms with Crippen LogP contribution in [0.3, 0.4) is 0 Å². The van der Waals surface area contributed by atoms with E-state index in [9.17, 15) is 4.79 Å². The number of hydrogen-bond acceptors (Lipinski definition) is 4. The summed E-state index contributed by atoms with van der Waals surface area (Å²) in [4.78, 5) is 13.2. The molecule has 3 rings (SSSR count). The van der Waals surface area contributed by atoms with E-state index < -0.39 is 0 Å². The highest BCUT2D eigenvalue weighted by molar-refractivity contribution is 7.09. The molecule has 0 fully saturated rings. The molecule has 5 nitrogen and oxygen atoms in total. The number of thiophene rings is 1. The van der Waals surface area contributed by atoms with Gasteiger partial charge in [-0.1, -0.05) is 30.3 Å². The Morgan fingerprint density at radius 2 is 2.09 bits per heavy atom. The van der Waals surface area contributed by atoms with Crippen molar-refractivity contribution in [1.29, 1.82) is 0 Å². The third-order valence-corrected chi connectivity index (χ3v) is 4.21. The van der Waals surface area contributed by atoms with E-state index in [-0.39, 0.29) is 5.91 Å². The van der Waals surface area contributed by atoms with Crippen molar-refractivity contribution in [3.05, 3.63) is 64.1 Å². The van der Waals surface area contributed by atoms with Gasteiger partial charge in [0.15, 0.2) is 5.69 Å². The highest BCUT2D eigenvalue weighted by Crippen LogP contribution is 2.10. The summed E-state index contributed by atoms with van der Waals surface area (Å²) in [5.74, 6) is -0.218. The number of nitrogens with zero attached hydrogens (tertiary/aromatic N) is 3. The molecule has 0 spiro atoms. The van der Waals surface area contributed by atoms with Crippen LogP contribution in [-0.4, -0.2) is 20.9 Å². The Labute approximate surface area is 132 Å². The first-order valence-electron chi connectivity index (χ1n) is 7.08. The van der Waals surface area contributed by atoms with Crippen LogP contribution in [0.2, 0.25) is 0 Å². The number of aryl methyl sites for hydroxylation is 1. The summed E-state index contributed by atoms with van der Waals surface area (Å²) in [5, 5.41) is 12.8. The number of benzene rings is 1. The third-order valence-electron chi connectivity index (χ3n) is 3.34. The van der Waals surface area contributed by atoms with Gasteiger partial charge in [0.05, 0.1) is 18.4 Å². The van der Waals surface area contributed by atoms with Crippen LogP contribution >= 0.6 is 11.3 Å². The van der Waals surface area contributed by atoms with E-state index in [1.165, 1.54) is 5.56 Å². The molecule has 0 atom stereocenters. The molecule has 0 saturated heterocycles. The first-order valence-corrected chi connectivity index (χ1v) is 7.96. The van der Waals surface area contributed by atoms with E-state index in [0.717, 1.165) is 17.0 Å². The second-order valence-electron chi connectivity index (χ2n) is 4.83. The fraction of sp³-hybridized carbons (Fsp3) is 0.188. The van der Waals surface area contributed by atoms with Gasteiger partial charge >= 0.3 is 0 Å². The topological polar surface area (TPSA) is 59.8 Å². The van der Waals surface area contributed by atoms with Gasteiger partial charge in [-0.2, -0.15) is 0 Å². The smallest absolute Gasteiger partial charge is 0.273 e. The summed E-state index contributed by atoms with van der Waals surface area (Å²) in [5.41, 5.74) is 2.47. The van der Waals surface area contributed by atoms with Crippen molar-refractivity contribution in [3.63, 3.8) is 0 Å². The summed E-state index contributed by atoms with van der Waals surface area (Å²) in [7, 11) is 0. The molecule has 0 radical (unpaired) electrons. The lowest BCUT2D eigenvalue weighted by Gasteiger charge is -2.01. The SMILES string of the molecule is CCc1ccc(-n2cc(C(=O)NCc3cccs3)nn2)cc1. The van der Waals surface area contributed by atoms with Crippen LogP contribution in [0.15, 0.2) is 48.0 Å². The average molecular weight is 312 g/mol. The van der Waals surface area contributed by atoms with Crippen molar-refractivity contribution < 1.29 is 4.79 Å². The first kappa shape index (κ1) is 14.5. The van der Waals surface area contributed by atoms with Crippen LogP contribution in [0.1, 0.15) is 27.9 Å². The molecule has 0 aliphatic heterocycles. The zero-order chi connectivity index (χ0) is 15.4.